The molecule has 1 aromatic carbocycles. The van der Waals surface area contributed by atoms with Gasteiger partial charge >= 0.3 is 0 Å². The van der Waals surface area contributed by atoms with Gasteiger partial charge in [0.25, 0.3) is 0 Å². The van der Waals surface area contributed by atoms with Crippen molar-refractivity contribution in [2.75, 3.05) is 5.32 Å². The van der Waals surface area contributed by atoms with Crippen LogP contribution in [0.1, 0.15) is 32.3 Å². The van der Waals surface area contributed by atoms with Gasteiger partial charge in [0.15, 0.2) is 0 Å². The molecule has 0 unspecified atom stereocenters. The maximum Gasteiger partial charge on any atom is 0.244 e. The second kappa shape index (κ2) is 5.85. The van der Waals surface area contributed by atoms with E-state index in [1.807, 2.05) is 19.9 Å². The highest BCUT2D eigenvalue weighted by Gasteiger charge is 2.30. The van der Waals surface area contributed by atoms with Crippen LogP contribution >= 0.6 is 11.6 Å². The van der Waals surface area contributed by atoms with Crippen LogP contribution < -0.4 is 11.1 Å². The second-order valence-electron chi connectivity index (χ2n) is 4.12. The summed E-state index contributed by atoms with van der Waals surface area (Å²) in [6, 6.07) is 6.71. The third-order valence-electron chi connectivity index (χ3n) is 3.06. The summed E-state index contributed by atoms with van der Waals surface area (Å²) in [5, 5.41) is 12.1. The van der Waals surface area contributed by atoms with Crippen LogP contribution in [0.15, 0.2) is 18.2 Å². The van der Waals surface area contributed by atoms with Gasteiger partial charge in [-0.2, -0.15) is 5.26 Å². The van der Waals surface area contributed by atoms with Crippen molar-refractivity contribution < 1.29 is 4.79 Å². The lowest BCUT2D eigenvalue weighted by Crippen LogP contribution is -2.50. The van der Waals surface area contributed by atoms with Crippen molar-refractivity contribution >= 4 is 23.2 Å². The van der Waals surface area contributed by atoms with Gasteiger partial charge in [0.05, 0.1) is 16.8 Å². The average Bonchev–Trinajstić information content (AvgIpc) is 2.38. The third-order valence-corrected chi connectivity index (χ3v) is 3.30. The van der Waals surface area contributed by atoms with Gasteiger partial charge in [0.2, 0.25) is 5.91 Å². The summed E-state index contributed by atoms with van der Waals surface area (Å²) in [6.07, 6.45) is 1.05. The van der Waals surface area contributed by atoms with E-state index in [1.54, 1.807) is 18.2 Å². The number of nitriles is 1. The van der Waals surface area contributed by atoms with Gasteiger partial charge in [-0.15, -0.1) is 0 Å². The summed E-state index contributed by atoms with van der Waals surface area (Å²) in [5.41, 5.74) is 5.83. The zero-order valence-corrected chi connectivity index (χ0v) is 11.2. The molecular formula is C13H16ClN3O. The number of nitrogens with zero attached hydrogens (tertiary/aromatic N) is 1. The molecule has 96 valence electrons. The molecule has 0 saturated carbocycles. The quantitative estimate of drug-likeness (QED) is 0.878. The Morgan fingerprint density at radius 1 is 1.50 bits per heavy atom. The number of carbonyl (C=O) groups excluding carboxylic acids is 1. The maximum atomic E-state index is 12.1. The van der Waals surface area contributed by atoms with Gasteiger partial charge in [0, 0.05) is 5.02 Å². The predicted octanol–water partition coefficient (Wildman–Crippen LogP) is 2.67. The first kappa shape index (κ1) is 14.5. The van der Waals surface area contributed by atoms with Crippen molar-refractivity contribution in [1.29, 1.82) is 5.26 Å². The highest BCUT2D eigenvalue weighted by Crippen LogP contribution is 2.22. The molecule has 1 amide bonds. The number of halogens is 1. The molecule has 0 saturated heterocycles. The maximum absolute atomic E-state index is 12.1. The second-order valence-corrected chi connectivity index (χ2v) is 4.56. The lowest BCUT2D eigenvalue weighted by molar-refractivity contribution is -0.121. The Bertz CT molecular complexity index is 489. The minimum absolute atomic E-state index is 0.300. The molecule has 0 bridgehead atoms. The Kier molecular flexibility index (Phi) is 4.71. The van der Waals surface area contributed by atoms with E-state index in [0.29, 0.717) is 29.1 Å². The van der Waals surface area contributed by atoms with E-state index >= 15 is 0 Å². The number of rotatable bonds is 4. The molecule has 0 heterocycles. The first-order chi connectivity index (χ1) is 8.46. The standard InChI is InChI=1S/C13H16ClN3O/c1-3-13(16,4-2)12(18)17-11-7-10(14)6-5-9(11)8-15/h5-7H,3-4,16H2,1-2H3,(H,17,18). The minimum Gasteiger partial charge on any atom is -0.323 e. The highest BCUT2D eigenvalue weighted by atomic mass is 35.5. The van der Waals surface area contributed by atoms with Crippen molar-refractivity contribution in [2.45, 2.75) is 32.2 Å². The number of nitrogens with one attached hydrogen (secondary N) is 1. The highest BCUT2D eigenvalue weighted by molar-refractivity contribution is 6.31. The number of hydrogen-bond acceptors (Lipinski definition) is 3. The number of nitrogens with two attached hydrogens (primary N) is 1. The van der Waals surface area contributed by atoms with Crippen LogP contribution in [0.2, 0.25) is 5.02 Å². The number of benzene rings is 1. The Labute approximate surface area is 112 Å². The first-order valence-electron chi connectivity index (χ1n) is 5.76. The number of hydrogen-bond donors (Lipinski definition) is 2. The largest absolute Gasteiger partial charge is 0.323 e. The topological polar surface area (TPSA) is 78.9 Å². The Balaban J connectivity index is 3.02. The molecule has 1 aromatic rings. The summed E-state index contributed by atoms with van der Waals surface area (Å²) in [5.74, 6) is -0.300. The molecule has 5 heteroatoms. The van der Waals surface area contributed by atoms with Crippen LogP contribution in [0.5, 0.6) is 0 Å². The zero-order valence-electron chi connectivity index (χ0n) is 10.5. The van der Waals surface area contributed by atoms with Crippen LogP contribution in [0.3, 0.4) is 0 Å². The fraction of sp³-hybridized carbons (Fsp3) is 0.385. The van der Waals surface area contributed by atoms with E-state index in [1.165, 1.54) is 0 Å². The molecule has 0 aromatic heterocycles. The molecule has 0 aliphatic rings. The Morgan fingerprint density at radius 3 is 2.61 bits per heavy atom. The molecule has 18 heavy (non-hydrogen) atoms. The van der Waals surface area contributed by atoms with E-state index in [9.17, 15) is 4.79 Å². The van der Waals surface area contributed by atoms with E-state index in [4.69, 9.17) is 22.6 Å². The number of amides is 1. The van der Waals surface area contributed by atoms with Crippen LogP contribution in [0.4, 0.5) is 5.69 Å². The fourth-order valence-corrected chi connectivity index (χ4v) is 1.71. The van der Waals surface area contributed by atoms with E-state index < -0.39 is 5.54 Å². The molecule has 4 nitrogen and oxygen atoms in total. The summed E-state index contributed by atoms with van der Waals surface area (Å²) in [6.45, 7) is 3.71. The van der Waals surface area contributed by atoms with Crippen molar-refractivity contribution in [3.63, 3.8) is 0 Å². The SMILES string of the molecule is CCC(N)(CC)C(=O)Nc1cc(Cl)ccc1C#N. The molecule has 1 rings (SSSR count). The van der Waals surface area contributed by atoms with Gasteiger partial charge in [-0.3, -0.25) is 4.79 Å². The molecule has 3 N–H and O–H groups in total. The van der Waals surface area contributed by atoms with E-state index in [-0.39, 0.29) is 5.91 Å². The van der Waals surface area contributed by atoms with Gasteiger partial charge in [-0.05, 0) is 31.0 Å². The molecule has 0 aliphatic heterocycles. The van der Waals surface area contributed by atoms with Crippen LogP contribution in [-0.2, 0) is 4.79 Å². The minimum atomic E-state index is -0.922. The van der Waals surface area contributed by atoms with Gasteiger partial charge in [0.1, 0.15) is 6.07 Å². The molecule has 0 radical (unpaired) electrons. The summed E-state index contributed by atoms with van der Waals surface area (Å²) >= 11 is 5.85. The fourth-order valence-electron chi connectivity index (χ4n) is 1.54. The monoisotopic (exact) mass is 265 g/mol. The van der Waals surface area contributed by atoms with Crippen molar-refractivity contribution in [1.82, 2.24) is 0 Å². The molecule has 0 aliphatic carbocycles. The van der Waals surface area contributed by atoms with Crippen LogP contribution in [0, 0.1) is 11.3 Å². The zero-order chi connectivity index (χ0) is 13.8. The molecule has 0 spiro atoms. The predicted molar refractivity (Wildman–Crippen MR) is 72.3 cm³/mol. The van der Waals surface area contributed by atoms with Crippen molar-refractivity contribution in [3.05, 3.63) is 28.8 Å². The van der Waals surface area contributed by atoms with E-state index in [0.717, 1.165) is 0 Å². The van der Waals surface area contributed by atoms with Gasteiger partial charge < -0.3 is 11.1 Å². The van der Waals surface area contributed by atoms with Crippen molar-refractivity contribution in [3.8, 4) is 6.07 Å². The van der Waals surface area contributed by atoms with Crippen molar-refractivity contribution in [2.24, 2.45) is 5.73 Å². The Hall–Kier alpha value is -1.57. The third kappa shape index (κ3) is 3.00. The van der Waals surface area contributed by atoms with Crippen LogP contribution in [0.25, 0.3) is 0 Å². The van der Waals surface area contributed by atoms with Crippen LogP contribution in [-0.4, -0.2) is 11.4 Å². The normalized spacial score (nSPS) is 10.8. The van der Waals surface area contributed by atoms with Gasteiger partial charge in [-0.1, -0.05) is 25.4 Å². The number of anilines is 1. The molecule has 0 fully saturated rings. The lowest BCUT2D eigenvalue weighted by atomic mass is 9.93. The average molecular weight is 266 g/mol. The summed E-state index contributed by atoms with van der Waals surface area (Å²) in [4.78, 5) is 12.1. The summed E-state index contributed by atoms with van der Waals surface area (Å²) < 4.78 is 0. The summed E-state index contributed by atoms with van der Waals surface area (Å²) in [7, 11) is 0. The molecule has 0 atom stereocenters. The Morgan fingerprint density at radius 2 is 2.11 bits per heavy atom. The van der Waals surface area contributed by atoms with Gasteiger partial charge in [-0.25, -0.2) is 0 Å². The smallest absolute Gasteiger partial charge is 0.244 e. The molecular weight excluding hydrogens is 250 g/mol. The van der Waals surface area contributed by atoms with E-state index in [2.05, 4.69) is 5.32 Å². The lowest BCUT2D eigenvalue weighted by Gasteiger charge is -2.25. The first-order valence-corrected chi connectivity index (χ1v) is 6.14. The number of carbonyl (C=O) groups is 1.